The molecule has 0 bridgehead atoms. The molecule has 14 nitrogen and oxygen atoms in total. The number of carbonyl (C=O) groups is 2. The Balaban J connectivity index is 0.901. The van der Waals surface area contributed by atoms with Crippen molar-refractivity contribution in [3.63, 3.8) is 0 Å². The van der Waals surface area contributed by atoms with Crippen molar-refractivity contribution in [2.75, 3.05) is 72.6 Å². The number of carbonyl (C=O) groups excluding carboxylic acids is 2. The Kier molecular flexibility index (Phi) is 14.7. The third-order valence-electron chi connectivity index (χ3n) is 7.14. The van der Waals surface area contributed by atoms with Crippen LogP contribution < -0.4 is 21.0 Å². The van der Waals surface area contributed by atoms with Crippen LogP contribution in [-0.2, 0) is 28.5 Å². The van der Waals surface area contributed by atoms with E-state index in [9.17, 15) is 14.4 Å². The van der Waals surface area contributed by atoms with Gasteiger partial charge in [-0.25, -0.2) is 4.79 Å². The molecule has 3 heterocycles. The van der Waals surface area contributed by atoms with Crippen molar-refractivity contribution < 1.29 is 42.1 Å². The number of ether oxygens (including phenoxy) is 5. The largest absolute Gasteiger partial charge is 0.486 e. The second kappa shape index (κ2) is 19.4. The maximum atomic E-state index is 12.2. The first-order chi connectivity index (χ1) is 23.0. The van der Waals surface area contributed by atoms with Gasteiger partial charge in [0, 0.05) is 62.0 Å². The van der Waals surface area contributed by atoms with E-state index in [0.29, 0.717) is 102 Å². The van der Waals surface area contributed by atoms with Gasteiger partial charge in [0.1, 0.15) is 0 Å². The summed E-state index contributed by atoms with van der Waals surface area (Å²) in [6.07, 6.45) is 9.83. The number of fused-ring (bicyclic) bond motifs is 2. The summed E-state index contributed by atoms with van der Waals surface area (Å²) in [4.78, 5) is 35.8. The number of hydrogen-bond donors (Lipinski definition) is 2. The summed E-state index contributed by atoms with van der Waals surface area (Å²) in [6, 6.07) is 6.69. The normalized spacial score (nSPS) is 13.1. The van der Waals surface area contributed by atoms with E-state index in [-0.39, 0.29) is 36.9 Å². The van der Waals surface area contributed by atoms with Gasteiger partial charge in [0.15, 0.2) is 16.8 Å². The Morgan fingerprint density at radius 2 is 1.45 bits per heavy atom. The molecule has 0 fully saturated rings. The Hall–Kier alpha value is -4.29. The molecule has 1 aliphatic rings. The molecule has 47 heavy (non-hydrogen) atoms. The van der Waals surface area contributed by atoms with E-state index >= 15 is 0 Å². The summed E-state index contributed by atoms with van der Waals surface area (Å²) < 4.78 is 38.6. The van der Waals surface area contributed by atoms with Crippen molar-refractivity contribution in [1.82, 2.24) is 10.6 Å². The number of benzene rings is 1. The number of rotatable bonds is 25. The highest BCUT2D eigenvalue weighted by Crippen LogP contribution is 2.36. The minimum atomic E-state index is -0.482. The van der Waals surface area contributed by atoms with E-state index in [2.05, 4.69) is 26.8 Å². The van der Waals surface area contributed by atoms with Gasteiger partial charge in [-0.15, -0.1) is 12.3 Å². The minimum Gasteiger partial charge on any atom is -0.486 e. The van der Waals surface area contributed by atoms with Crippen molar-refractivity contribution in [2.45, 2.75) is 44.2 Å². The molecule has 0 radical (unpaired) electrons. The highest BCUT2D eigenvalue weighted by molar-refractivity contribution is 5.99. The predicted molar refractivity (Wildman–Crippen MR) is 171 cm³/mol. The summed E-state index contributed by atoms with van der Waals surface area (Å²) in [5.74, 6) is 2.74. The first-order valence-corrected chi connectivity index (χ1v) is 15.8. The fraction of sp³-hybridized carbons (Fsp3) is 0.545. The van der Waals surface area contributed by atoms with Crippen LogP contribution in [0.5, 0.6) is 5.75 Å². The predicted octanol–water partition coefficient (Wildman–Crippen LogP) is 3.35. The lowest BCUT2D eigenvalue weighted by molar-refractivity contribution is -0.122. The summed E-state index contributed by atoms with van der Waals surface area (Å²) in [7, 11) is 0. The number of amides is 2. The number of nitrogens with zero attached hydrogens (tertiary/aromatic N) is 2. The van der Waals surface area contributed by atoms with Crippen molar-refractivity contribution in [3.8, 4) is 18.1 Å². The molecule has 1 aliphatic heterocycles. The zero-order valence-corrected chi connectivity index (χ0v) is 26.5. The molecule has 0 spiro atoms. The van der Waals surface area contributed by atoms with Crippen molar-refractivity contribution in [2.24, 2.45) is 10.2 Å². The van der Waals surface area contributed by atoms with Crippen LogP contribution >= 0.6 is 0 Å². The molecule has 0 saturated heterocycles. The molecule has 2 N–H and O–H groups in total. The molecule has 0 aliphatic carbocycles. The maximum absolute atomic E-state index is 12.2. The summed E-state index contributed by atoms with van der Waals surface area (Å²) in [6.45, 7) is 4.25. The summed E-state index contributed by atoms with van der Waals surface area (Å²) in [5, 5.41) is 15.3. The van der Waals surface area contributed by atoms with Crippen LogP contribution in [0.3, 0.4) is 0 Å². The first kappa shape index (κ1) is 35.6. The molecule has 1 aromatic carbocycles. The number of terminal acetylenes is 1. The van der Waals surface area contributed by atoms with E-state index in [1.807, 2.05) is 6.07 Å². The average Bonchev–Trinajstić information content (AvgIpc) is 3.68. The smallest absolute Gasteiger partial charge is 0.336 e. The van der Waals surface area contributed by atoms with Crippen LogP contribution in [0, 0.1) is 12.3 Å². The molecule has 0 atom stereocenters. The molecule has 14 heteroatoms. The Labute approximate surface area is 272 Å². The van der Waals surface area contributed by atoms with E-state index in [0.717, 1.165) is 17.2 Å². The van der Waals surface area contributed by atoms with Crippen LogP contribution in [0.4, 0.5) is 0 Å². The van der Waals surface area contributed by atoms with E-state index in [4.69, 9.17) is 38.9 Å². The second-order valence-electron chi connectivity index (χ2n) is 10.7. The van der Waals surface area contributed by atoms with Crippen molar-refractivity contribution in [3.05, 3.63) is 40.9 Å². The average molecular weight is 655 g/mol. The molecule has 0 saturated carbocycles. The van der Waals surface area contributed by atoms with Gasteiger partial charge in [0.05, 0.1) is 65.7 Å². The first-order valence-electron chi connectivity index (χ1n) is 15.8. The molecule has 4 rings (SSSR count). The van der Waals surface area contributed by atoms with Crippen LogP contribution in [0.15, 0.2) is 54.4 Å². The van der Waals surface area contributed by atoms with Crippen LogP contribution in [0.2, 0.25) is 0 Å². The van der Waals surface area contributed by atoms with Crippen LogP contribution in [-0.4, -0.2) is 90.0 Å². The van der Waals surface area contributed by atoms with Gasteiger partial charge in [0.2, 0.25) is 17.6 Å². The molecule has 2 aromatic heterocycles. The van der Waals surface area contributed by atoms with Gasteiger partial charge in [-0.2, -0.15) is 10.2 Å². The quantitative estimate of drug-likeness (QED) is 0.0784. The zero-order chi connectivity index (χ0) is 33.2. The third-order valence-corrected chi connectivity index (χ3v) is 7.14. The highest BCUT2D eigenvalue weighted by Gasteiger charge is 2.38. The van der Waals surface area contributed by atoms with Crippen molar-refractivity contribution in [1.29, 1.82) is 0 Å². The number of furan rings is 1. The van der Waals surface area contributed by atoms with E-state index in [1.54, 1.807) is 18.4 Å². The lowest BCUT2D eigenvalue weighted by Gasteiger charge is -2.10. The number of hydrogen-bond acceptors (Lipinski definition) is 12. The highest BCUT2D eigenvalue weighted by atomic mass is 16.6. The maximum Gasteiger partial charge on any atom is 0.336 e. The number of nitrogens with one attached hydrogen (secondary N) is 2. The summed E-state index contributed by atoms with van der Waals surface area (Å²) >= 11 is 0. The monoisotopic (exact) mass is 654 g/mol. The van der Waals surface area contributed by atoms with Gasteiger partial charge in [-0.3, -0.25) is 9.59 Å². The van der Waals surface area contributed by atoms with Crippen LogP contribution in [0.1, 0.15) is 38.5 Å². The SMILES string of the molecule is C#CCCC1(CCNC(=O)CCOCCOCCOCCOCCNC(=O)CCCOc2c3occc3cc3ccc(=O)oc23)N=N1. The summed E-state index contributed by atoms with van der Waals surface area (Å²) in [5.41, 5.74) is -0.0589. The molecule has 0 unspecified atom stereocenters. The lowest BCUT2D eigenvalue weighted by atomic mass is 10.0. The fourth-order valence-corrected chi connectivity index (χ4v) is 4.58. The second-order valence-corrected chi connectivity index (χ2v) is 10.7. The van der Waals surface area contributed by atoms with Gasteiger partial charge in [-0.1, -0.05) is 0 Å². The van der Waals surface area contributed by atoms with Gasteiger partial charge >= 0.3 is 5.63 Å². The Bertz CT molecular complexity index is 1550. The fourth-order valence-electron chi connectivity index (χ4n) is 4.58. The van der Waals surface area contributed by atoms with Crippen LogP contribution in [0.25, 0.3) is 21.9 Å². The standard InChI is InChI=1S/C33H42N4O10/c1-2-3-10-33(36-37-33)11-12-34-28(39)9-15-41-18-20-43-22-23-44-21-19-42-17-13-35-27(38)5-4-14-45-32-30-26(8-16-46-30)24-25-6-7-29(40)47-31(25)32/h1,6-8,16,24H,3-5,9-15,17-23H2,(H,34,39)(H,35,38). The Morgan fingerprint density at radius 3 is 2.17 bits per heavy atom. The molecule has 3 aromatic rings. The zero-order valence-electron chi connectivity index (χ0n) is 26.5. The molecular formula is C33H42N4O10. The molecule has 254 valence electrons. The molecule has 2 amide bonds. The van der Waals surface area contributed by atoms with Gasteiger partial charge < -0.3 is 43.2 Å². The van der Waals surface area contributed by atoms with E-state index < -0.39 is 5.63 Å². The Morgan fingerprint density at radius 1 is 0.787 bits per heavy atom. The van der Waals surface area contributed by atoms with E-state index in [1.165, 1.54) is 6.07 Å². The topological polar surface area (TPSA) is 172 Å². The van der Waals surface area contributed by atoms with Crippen molar-refractivity contribution >= 4 is 33.8 Å². The lowest BCUT2D eigenvalue weighted by Crippen LogP contribution is -2.29. The molecular weight excluding hydrogens is 612 g/mol. The van der Waals surface area contributed by atoms with Gasteiger partial charge in [-0.05, 0) is 24.6 Å². The minimum absolute atomic E-state index is 0.0775. The third kappa shape index (κ3) is 12.4. The van der Waals surface area contributed by atoms with Gasteiger partial charge in [0.25, 0.3) is 0 Å².